The van der Waals surface area contributed by atoms with Crippen LogP contribution in [0.2, 0.25) is 0 Å². The van der Waals surface area contributed by atoms with Crippen LogP contribution in [0.15, 0.2) is 11.6 Å². The van der Waals surface area contributed by atoms with Gasteiger partial charge in [-0.1, -0.05) is 13.8 Å². The maximum absolute atomic E-state index is 12.1. The van der Waals surface area contributed by atoms with Gasteiger partial charge in [0, 0.05) is 23.9 Å². The molecule has 0 amide bonds. The first-order valence-corrected chi connectivity index (χ1v) is 8.74. The number of aromatic nitrogens is 1. The summed E-state index contributed by atoms with van der Waals surface area (Å²) in [7, 11) is 0. The van der Waals surface area contributed by atoms with E-state index in [9.17, 15) is 10.1 Å². The Hall–Kier alpha value is -1.44. The minimum absolute atomic E-state index is 0.0183. The van der Waals surface area contributed by atoms with Crippen molar-refractivity contribution < 1.29 is 9.53 Å². The van der Waals surface area contributed by atoms with Crippen LogP contribution in [0.3, 0.4) is 0 Å². The summed E-state index contributed by atoms with van der Waals surface area (Å²) >= 11 is 11.8. The molecule has 24 heavy (non-hydrogen) atoms. The van der Waals surface area contributed by atoms with Crippen molar-refractivity contribution in [1.82, 2.24) is 4.57 Å². The van der Waals surface area contributed by atoms with Crippen molar-refractivity contribution in [2.45, 2.75) is 45.0 Å². The number of alkyl halides is 2. The fraction of sp³-hybridized carbons (Fsp3) is 0.556. The smallest absolute Gasteiger partial charge is 0.348 e. The minimum atomic E-state index is -0.793. The molecular formula is C18H22Cl2N2O2. The van der Waals surface area contributed by atoms with Crippen LogP contribution in [0, 0.1) is 37.0 Å². The Labute approximate surface area is 153 Å². The lowest BCUT2D eigenvalue weighted by Crippen LogP contribution is -2.11. The van der Waals surface area contributed by atoms with E-state index in [1.807, 2.05) is 26.0 Å². The zero-order valence-electron chi connectivity index (χ0n) is 14.4. The molecule has 0 spiro atoms. The molecule has 0 saturated heterocycles. The summed E-state index contributed by atoms with van der Waals surface area (Å²) < 4.78 is 6.56. The largest absolute Gasteiger partial charge is 0.461 e. The maximum Gasteiger partial charge on any atom is 0.348 e. The number of aryl methyl sites for hydroxylation is 1. The summed E-state index contributed by atoms with van der Waals surface area (Å²) in [4.78, 5) is 12.1. The second kappa shape index (κ2) is 7.21. The molecule has 130 valence electrons. The molecule has 1 aromatic heterocycles. The van der Waals surface area contributed by atoms with Crippen LogP contribution in [-0.4, -0.2) is 21.5 Å². The highest BCUT2D eigenvalue weighted by atomic mass is 35.5. The molecule has 6 heteroatoms. The molecular weight excluding hydrogens is 347 g/mol. The molecule has 2 rings (SSSR count). The minimum Gasteiger partial charge on any atom is -0.461 e. The molecule has 0 radical (unpaired) electrons. The molecule has 0 bridgehead atoms. The Morgan fingerprint density at radius 2 is 2.17 bits per heavy atom. The van der Waals surface area contributed by atoms with Gasteiger partial charge in [-0.2, -0.15) is 5.26 Å². The average molecular weight is 369 g/mol. The Morgan fingerprint density at radius 1 is 1.54 bits per heavy atom. The predicted molar refractivity (Wildman–Crippen MR) is 95.8 cm³/mol. The van der Waals surface area contributed by atoms with Gasteiger partial charge in [-0.05, 0) is 43.9 Å². The number of hydrogen-bond donors (Lipinski definition) is 0. The van der Waals surface area contributed by atoms with Gasteiger partial charge in [-0.15, -0.1) is 23.2 Å². The third kappa shape index (κ3) is 4.34. The van der Waals surface area contributed by atoms with Gasteiger partial charge in [0.05, 0.1) is 6.61 Å². The van der Waals surface area contributed by atoms with Crippen LogP contribution in [-0.2, 0) is 16.1 Å². The normalized spacial score (nSPS) is 19.2. The summed E-state index contributed by atoms with van der Waals surface area (Å²) in [5.41, 5.74) is 2.97. The van der Waals surface area contributed by atoms with Gasteiger partial charge in [-0.25, -0.2) is 4.79 Å². The molecule has 0 unspecified atom stereocenters. The molecule has 1 aliphatic rings. The van der Waals surface area contributed by atoms with Crippen LogP contribution in [0.5, 0.6) is 0 Å². The lowest BCUT2D eigenvalue weighted by Gasteiger charge is -2.12. The van der Waals surface area contributed by atoms with Gasteiger partial charge in [-0.3, -0.25) is 0 Å². The van der Waals surface area contributed by atoms with E-state index in [0.717, 1.165) is 23.5 Å². The third-order valence-corrected chi connectivity index (χ3v) is 5.10. The first-order valence-electron chi connectivity index (χ1n) is 7.99. The fourth-order valence-corrected chi connectivity index (χ4v) is 3.12. The van der Waals surface area contributed by atoms with Crippen LogP contribution in [0.25, 0.3) is 6.08 Å². The lowest BCUT2D eigenvalue weighted by atomic mass is 10.1. The Bertz CT molecular complexity index is 711. The van der Waals surface area contributed by atoms with E-state index in [2.05, 4.69) is 18.4 Å². The van der Waals surface area contributed by atoms with Gasteiger partial charge in [0.15, 0.2) is 0 Å². The Morgan fingerprint density at radius 3 is 2.67 bits per heavy atom. The van der Waals surface area contributed by atoms with E-state index < -0.39 is 10.3 Å². The summed E-state index contributed by atoms with van der Waals surface area (Å²) in [5, 5.41) is 9.28. The highest BCUT2D eigenvalue weighted by Gasteiger charge is 2.52. The van der Waals surface area contributed by atoms with E-state index in [1.165, 1.54) is 0 Å². The number of nitrogens with zero attached hydrogens (tertiary/aromatic N) is 2. The Kier molecular flexibility index (Phi) is 5.67. The highest BCUT2D eigenvalue weighted by Crippen LogP contribution is 2.53. The van der Waals surface area contributed by atoms with Gasteiger partial charge >= 0.3 is 5.97 Å². The molecule has 1 fully saturated rings. The van der Waals surface area contributed by atoms with Crippen molar-refractivity contribution >= 4 is 35.2 Å². The van der Waals surface area contributed by atoms with Crippen LogP contribution < -0.4 is 0 Å². The predicted octanol–water partition coefficient (Wildman–Crippen LogP) is 4.40. The quantitative estimate of drug-likeness (QED) is 0.323. The first kappa shape index (κ1) is 18.9. The molecule has 0 aliphatic heterocycles. The average Bonchev–Trinajstić information content (AvgIpc) is 3.03. The zero-order chi connectivity index (χ0) is 18.1. The van der Waals surface area contributed by atoms with Crippen molar-refractivity contribution in [1.29, 1.82) is 5.26 Å². The molecule has 1 aliphatic carbocycles. The molecule has 1 heterocycles. The van der Waals surface area contributed by atoms with Crippen molar-refractivity contribution in [2.75, 3.05) is 6.61 Å². The SMILES string of the molecule is Cc1cc(/C=C(\C#N)C(=O)OC[C@H]2CC2(Cl)Cl)c(C)n1CC(C)C. The number of hydrogen-bond acceptors (Lipinski definition) is 3. The number of carbonyl (C=O) groups excluding carboxylic acids is 1. The number of nitriles is 1. The standard InChI is InChI=1S/C18H22Cl2N2O2/c1-11(2)9-22-12(3)5-14(13(22)4)6-15(8-21)17(23)24-10-16-7-18(16,19)20/h5-6,11,16H,7,9-10H2,1-4H3/b15-6+/t16-/m1/s1. The topological polar surface area (TPSA) is 55.0 Å². The summed E-state index contributed by atoms with van der Waals surface area (Å²) in [6.07, 6.45) is 2.19. The summed E-state index contributed by atoms with van der Waals surface area (Å²) in [6, 6.07) is 3.90. The number of halogens is 2. The van der Waals surface area contributed by atoms with Crippen molar-refractivity contribution in [2.24, 2.45) is 11.8 Å². The van der Waals surface area contributed by atoms with Gasteiger partial charge in [0.2, 0.25) is 0 Å². The van der Waals surface area contributed by atoms with Gasteiger partial charge in [0.1, 0.15) is 16.0 Å². The van der Waals surface area contributed by atoms with E-state index in [0.29, 0.717) is 12.3 Å². The molecule has 4 nitrogen and oxygen atoms in total. The van der Waals surface area contributed by atoms with E-state index in [1.54, 1.807) is 6.08 Å². The van der Waals surface area contributed by atoms with Crippen molar-refractivity contribution in [3.8, 4) is 6.07 Å². The fourth-order valence-electron chi connectivity index (χ4n) is 2.62. The van der Waals surface area contributed by atoms with E-state index in [-0.39, 0.29) is 18.1 Å². The summed E-state index contributed by atoms with van der Waals surface area (Å²) in [5.74, 6) is -0.181. The van der Waals surface area contributed by atoms with Crippen molar-refractivity contribution in [3.05, 3.63) is 28.6 Å². The second-order valence-electron chi connectivity index (χ2n) is 6.76. The van der Waals surface area contributed by atoms with Crippen LogP contribution >= 0.6 is 23.2 Å². The van der Waals surface area contributed by atoms with E-state index >= 15 is 0 Å². The molecule has 1 saturated carbocycles. The number of esters is 1. The molecule has 1 aromatic rings. The lowest BCUT2D eigenvalue weighted by molar-refractivity contribution is -0.138. The van der Waals surface area contributed by atoms with Gasteiger partial charge < -0.3 is 9.30 Å². The Balaban J connectivity index is 2.12. The van der Waals surface area contributed by atoms with Gasteiger partial charge in [0.25, 0.3) is 0 Å². The van der Waals surface area contributed by atoms with E-state index in [4.69, 9.17) is 27.9 Å². The maximum atomic E-state index is 12.1. The highest BCUT2D eigenvalue weighted by molar-refractivity contribution is 6.50. The van der Waals surface area contributed by atoms with Crippen LogP contribution in [0.1, 0.15) is 37.2 Å². The number of rotatable bonds is 6. The van der Waals surface area contributed by atoms with Crippen molar-refractivity contribution in [3.63, 3.8) is 0 Å². The molecule has 0 N–H and O–H groups in total. The monoisotopic (exact) mass is 368 g/mol. The second-order valence-corrected chi connectivity index (χ2v) is 8.30. The van der Waals surface area contributed by atoms with Crippen LogP contribution in [0.4, 0.5) is 0 Å². The summed E-state index contributed by atoms with van der Waals surface area (Å²) in [6.45, 7) is 9.34. The molecule has 0 aromatic carbocycles. The zero-order valence-corrected chi connectivity index (χ0v) is 15.9. The number of carbonyl (C=O) groups is 1. The molecule has 1 atom stereocenters. The number of ether oxygens (including phenoxy) is 1. The third-order valence-electron chi connectivity index (χ3n) is 4.17. The first-order chi connectivity index (χ1) is 11.2.